The summed E-state index contributed by atoms with van der Waals surface area (Å²) in [4.78, 5) is 12.1. The zero-order valence-electron chi connectivity index (χ0n) is 11.7. The summed E-state index contributed by atoms with van der Waals surface area (Å²) in [6.07, 6.45) is 7.92. The van der Waals surface area contributed by atoms with Crippen molar-refractivity contribution in [3.8, 4) is 6.07 Å². The maximum atomic E-state index is 12.1. The van der Waals surface area contributed by atoms with E-state index in [-0.39, 0.29) is 5.91 Å². The van der Waals surface area contributed by atoms with E-state index in [0.29, 0.717) is 29.3 Å². The number of nitrogens with zero attached hydrogens (tertiary/aromatic N) is 1. The topological polar surface area (TPSA) is 78.9 Å². The van der Waals surface area contributed by atoms with Gasteiger partial charge in [0.25, 0.3) is 0 Å². The highest BCUT2D eigenvalue weighted by atomic mass is 16.1. The van der Waals surface area contributed by atoms with E-state index >= 15 is 0 Å². The van der Waals surface area contributed by atoms with Gasteiger partial charge in [0, 0.05) is 6.42 Å². The molecule has 3 N–H and O–H groups in total. The highest BCUT2D eigenvalue weighted by Gasteiger charge is 2.16. The molecule has 0 heterocycles. The van der Waals surface area contributed by atoms with E-state index in [0.717, 1.165) is 12.8 Å². The maximum absolute atomic E-state index is 12.1. The predicted octanol–water partition coefficient (Wildman–Crippen LogP) is 3.44. The number of nitrogens with two attached hydrogens (primary N) is 1. The summed E-state index contributed by atoms with van der Waals surface area (Å²) >= 11 is 0. The van der Waals surface area contributed by atoms with E-state index in [1.807, 2.05) is 6.07 Å². The molecule has 1 aliphatic rings. The second kappa shape index (κ2) is 6.95. The molecule has 0 atom stereocenters. The Hall–Kier alpha value is -2.02. The van der Waals surface area contributed by atoms with Crippen LogP contribution in [0.4, 0.5) is 11.4 Å². The van der Waals surface area contributed by atoms with Crippen LogP contribution >= 0.6 is 0 Å². The molecule has 20 heavy (non-hydrogen) atoms. The molecule has 1 fully saturated rings. The van der Waals surface area contributed by atoms with Gasteiger partial charge >= 0.3 is 0 Å². The van der Waals surface area contributed by atoms with Gasteiger partial charge in [0.05, 0.1) is 23.0 Å². The van der Waals surface area contributed by atoms with E-state index in [1.165, 1.54) is 25.7 Å². The van der Waals surface area contributed by atoms with Crippen molar-refractivity contribution in [2.24, 2.45) is 5.92 Å². The zero-order chi connectivity index (χ0) is 14.4. The fourth-order valence-electron chi connectivity index (χ4n) is 2.78. The molecule has 1 saturated carbocycles. The van der Waals surface area contributed by atoms with Gasteiger partial charge in [-0.2, -0.15) is 5.26 Å². The summed E-state index contributed by atoms with van der Waals surface area (Å²) < 4.78 is 0. The molecule has 1 aliphatic carbocycles. The second-order valence-electron chi connectivity index (χ2n) is 5.52. The van der Waals surface area contributed by atoms with Crippen molar-refractivity contribution in [2.75, 3.05) is 11.1 Å². The van der Waals surface area contributed by atoms with Gasteiger partial charge in [0.15, 0.2) is 0 Å². The molecular formula is C16H21N3O. The molecule has 1 aromatic carbocycles. The monoisotopic (exact) mass is 271 g/mol. The molecule has 4 nitrogen and oxygen atoms in total. The van der Waals surface area contributed by atoms with E-state index in [9.17, 15) is 4.79 Å². The Balaban J connectivity index is 1.92. The summed E-state index contributed by atoms with van der Waals surface area (Å²) in [5.74, 6) is 0.519. The quantitative estimate of drug-likeness (QED) is 0.653. The van der Waals surface area contributed by atoms with Crippen molar-refractivity contribution in [3.05, 3.63) is 23.8 Å². The van der Waals surface area contributed by atoms with Crippen molar-refractivity contribution in [2.45, 2.75) is 44.9 Å². The molecule has 0 aliphatic heterocycles. The minimum atomic E-state index is 0.0216. The first-order valence-electron chi connectivity index (χ1n) is 7.28. The number of anilines is 2. The van der Waals surface area contributed by atoms with Crippen LogP contribution in [0, 0.1) is 17.2 Å². The van der Waals surface area contributed by atoms with Crippen molar-refractivity contribution in [1.29, 1.82) is 5.26 Å². The maximum Gasteiger partial charge on any atom is 0.224 e. The smallest absolute Gasteiger partial charge is 0.224 e. The third-order valence-electron chi connectivity index (χ3n) is 3.90. The Kier molecular flexibility index (Phi) is 5.00. The molecule has 0 aromatic heterocycles. The van der Waals surface area contributed by atoms with Gasteiger partial charge in [-0.3, -0.25) is 4.79 Å². The van der Waals surface area contributed by atoms with Crippen LogP contribution in [0.2, 0.25) is 0 Å². The third-order valence-corrected chi connectivity index (χ3v) is 3.90. The van der Waals surface area contributed by atoms with Crippen LogP contribution in [0.15, 0.2) is 18.2 Å². The normalized spacial score (nSPS) is 16.1. The molecule has 106 valence electrons. The third kappa shape index (κ3) is 3.99. The summed E-state index contributed by atoms with van der Waals surface area (Å²) in [5, 5.41) is 11.6. The Bertz CT molecular complexity index is 511. The first-order chi connectivity index (χ1) is 9.69. The number of hydrogen-bond acceptors (Lipinski definition) is 3. The average Bonchev–Trinajstić information content (AvgIpc) is 2.69. The highest BCUT2D eigenvalue weighted by Crippen LogP contribution is 2.26. The molecule has 0 unspecified atom stereocenters. The molecule has 1 aromatic rings. The van der Waals surface area contributed by atoms with E-state index in [2.05, 4.69) is 5.32 Å². The Morgan fingerprint density at radius 2 is 2.00 bits per heavy atom. The number of nitriles is 1. The summed E-state index contributed by atoms with van der Waals surface area (Å²) in [5.41, 5.74) is 7.38. The Labute approximate surface area is 120 Å². The molecular weight excluding hydrogens is 250 g/mol. The number of nitrogens with one attached hydrogen (secondary N) is 1. The number of amides is 1. The van der Waals surface area contributed by atoms with E-state index in [4.69, 9.17) is 11.0 Å². The van der Waals surface area contributed by atoms with Gasteiger partial charge in [-0.15, -0.1) is 0 Å². The van der Waals surface area contributed by atoms with Crippen LogP contribution in [0.3, 0.4) is 0 Å². The van der Waals surface area contributed by atoms with Gasteiger partial charge in [-0.1, -0.05) is 25.7 Å². The molecule has 2 rings (SSSR count). The fraction of sp³-hybridized carbons (Fsp3) is 0.500. The summed E-state index contributed by atoms with van der Waals surface area (Å²) in [7, 11) is 0. The van der Waals surface area contributed by atoms with Crippen LogP contribution in [0.5, 0.6) is 0 Å². The van der Waals surface area contributed by atoms with Crippen LogP contribution in [-0.4, -0.2) is 5.91 Å². The van der Waals surface area contributed by atoms with Gasteiger partial charge < -0.3 is 11.1 Å². The van der Waals surface area contributed by atoms with Gasteiger partial charge in [0.1, 0.15) is 0 Å². The molecule has 0 radical (unpaired) electrons. The van der Waals surface area contributed by atoms with Crippen LogP contribution < -0.4 is 11.1 Å². The Morgan fingerprint density at radius 1 is 1.30 bits per heavy atom. The Morgan fingerprint density at radius 3 is 2.60 bits per heavy atom. The number of rotatable bonds is 3. The van der Waals surface area contributed by atoms with Crippen molar-refractivity contribution >= 4 is 17.3 Å². The lowest BCUT2D eigenvalue weighted by atomic mass is 9.96. The van der Waals surface area contributed by atoms with Gasteiger partial charge in [-0.25, -0.2) is 0 Å². The largest absolute Gasteiger partial charge is 0.397 e. The van der Waals surface area contributed by atoms with Crippen molar-refractivity contribution < 1.29 is 4.79 Å². The average molecular weight is 271 g/mol. The number of benzene rings is 1. The first kappa shape index (κ1) is 14.4. The summed E-state index contributed by atoms with van der Waals surface area (Å²) in [6.45, 7) is 0. The van der Waals surface area contributed by atoms with E-state index < -0.39 is 0 Å². The highest BCUT2D eigenvalue weighted by molar-refractivity contribution is 5.94. The van der Waals surface area contributed by atoms with Crippen LogP contribution in [-0.2, 0) is 4.79 Å². The fourth-order valence-corrected chi connectivity index (χ4v) is 2.78. The summed E-state index contributed by atoms with van der Waals surface area (Å²) in [6, 6.07) is 6.97. The molecule has 0 bridgehead atoms. The van der Waals surface area contributed by atoms with Crippen molar-refractivity contribution in [3.63, 3.8) is 0 Å². The lowest BCUT2D eigenvalue weighted by Crippen LogP contribution is -2.17. The van der Waals surface area contributed by atoms with Crippen molar-refractivity contribution in [1.82, 2.24) is 0 Å². The lowest BCUT2D eigenvalue weighted by molar-refractivity contribution is -0.117. The molecule has 1 amide bonds. The minimum absolute atomic E-state index is 0.0216. The van der Waals surface area contributed by atoms with E-state index in [1.54, 1.807) is 18.2 Å². The molecule has 4 heteroatoms. The number of hydrogen-bond donors (Lipinski definition) is 2. The lowest BCUT2D eigenvalue weighted by Gasteiger charge is -2.14. The van der Waals surface area contributed by atoms with Gasteiger partial charge in [0.2, 0.25) is 5.91 Å². The SMILES string of the molecule is N#Cc1ccc(NC(=O)CC2CCCCCC2)c(N)c1. The molecule has 0 spiro atoms. The van der Waals surface area contributed by atoms with Gasteiger partial charge in [-0.05, 0) is 37.0 Å². The number of nitrogen functional groups attached to an aromatic ring is 1. The van der Waals surface area contributed by atoms with Crippen LogP contribution in [0.25, 0.3) is 0 Å². The minimum Gasteiger partial charge on any atom is -0.397 e. The predicted molar refractivity (Wildman–Crippen MR) is 80.0 cm³/mol. The second-order valence-corrected chi connectivity index (χ2v) is 5.52. The number of carbonyl (C=O) groups is 1. The van der Waals surface area contributed by atoms with Crippen LogP contribution in [0.1, 0.15) is 50.5 Å². The number of carbonyl (C=O) groups excluding carboxylic acids is 1. The molecule has 0 saturated heterocycles. The zero-order valence-corrected chi connectivity index (χ0v) is 11.7. The standard InChI is InChI=1S/C16H21N3O/c17-11-13-7-8-15(14(18)9-13)19-16(20)10-12-5-3-1-2-4-6-12/h7-9,12H,1-6,10,18H2,(H,19,20). The first-order valence-corrected chi connectivity index (χ1v) is 7.28.